The summed E-state index contributed by atoms with van der Waals surface area (Å²) in [7, 11) is -1.98. The van der Waals surface area contributed by atoms with Gasteiger partial charge in [0.25, 0.3) is 0 Å². The molecule has 0 saturated heterocycles. The molecule has 0 radical (unpaired) electrons. The van der Waals surface area contributed by atoms with Crippen LogP contribution in [-0.4, -0.2) is 20.6 Å². The van der Waals surface area contributed by atoms with Crippen LogP contribution in [0.15, 0.2) is 34.2 Å². The Bertz CT molecular complexity index is 473. The smallest absolute Gasteiger partial charge is 0.228 e. The van der Waals surface area contributed by atoms with Gasteiger partial charge in [-0.05, 0) is 37.0 Å². The molecule has 1 aromatic carbocycles. The minimum Gasteiger partial charge on any atom is -0.228 e. The summed E-state index contributed by atoms with van der Waals surface area (Å²) in [5, 5.41) is 2.25. The second-order valence-electron chi connectivity index (χ2n) is 2.76. The number of nitrogens with one attached hydrogen (secondary N) is 1. The molecule has 0 aromatic heterocycles. The second-order valence-corrected chi connectivity index (χ2v) is 4.83. The van der Waals surface area contributed by atoms with Gasteiger partial charge in [-0.1, -0.05) is 12.1 Å². The average Bonchev–Trinajstić information content (AvgIpc) is 2.27. The van der Waals surface area contributed by atoms with E-state index in [1.54, 1.807) is 12.1 Å². The Morgan fingerprint density at radius 1 is 1.40 bits per heavy atom. The van der Waals surface area contributed by atoms with Gasteiger partial charge >= 0.3 is 0 Å². The van der Waals surface area contributed by atoms with Gasteiger partial charge in [-0.15, -0.1) is 0 Å². The van der Waals surface area contributed by atoms with E-state index in [1.165, 1.54) is 19.2 Å². The van der Waals surface area contributed by atoms with Gasteiger partial charge in [-0.25, -0.2) is 18.1 Å². The van der Waals surface area contributed by atoms with Gasteiger partial charge in [-0.2, -0.15) is 0 Å². The third-order valence-electron chi connectivity index (χ3n) is 1.83. The highest BCUT2D eigenvalue weighted by molar-refractivity contribution is 7.89. The lowest BCUT2D eigenvalue weighted by molar-refractivity contribution is 0.588. The van der Waals surface area contributed by atoms with Crippen molar-refractivity contribution in [1.82, 2.24) is 4.72 Å². The van der Waals surface area contributed by atoms with Gasteiger partial charge in [0, 0.05) is 0 Å². The lowest BCUT2D eigenvalue weighted by Crippen LogP contribution is -2.18. The van der Waals surface area contributed by atoms with Crippen molar-refractivity contribution in [3.63, 3.8) is 0 Å². The van der Waals surface area contributed by atoms with Crippen LogP contribution in [0.5, 0.6) is 0 Å². The standard InChI is InChI=1S/C9H10N2O2S2/c1-10-15(12,13)9-4-2-8(3-5-9)6-11-7-14/h2-5,10H,6H2,1H3. The van der Waals surface area contributed by atoms with Crippen LogP contribution < -0.4 is 4.72 Å². The fourth-order valence-electron chi connectivity index (χ4n) is 1.02. The summed E-state index contributed by atoms with van der Waals surface area (Å²) >= 11 is 4.43. The molecule has 0 spiro atoms. The van der Waals surface area contributed by atoms with E-state index in [-0.39, 0.29) is 4.90 Å². The molecular formula is C9H10N2O2S2. The zero-order valence-corrected chi connectivity index (χ0v) is 9.73. The normalized spacial score (nSPS) is 10.7. The molecule has 6 heteroatoms. The topological polar surface area (TPSA) is 58.5 Å². The molecule has 0 bridgehead atoms. The maximum absolute atomic E-state index is 11.4. The Kier molecular flexibility index (Phi) is 4.11. The monoisotopic (exact) mass is 242 g/mol. The number of nitrogens with zero attached hydrogens (tertiary/aromatic N) is 1. The number of sulfonamides is 1. The molecule has 0 saturated carbocycles. The van der Waals surface area contributed by atoms with E-state index < -0.39 is 10.0 Å². The molecule has 1 N–H and O–H groups in total. The molecule has 0 amide bonds. The predicted octanol–water partition coefficient (Wildman–Crippen LogP) is 1.20. The van der Waals surface area contributed by atoms with Crippen molar-refractivity contribution in [3.8, 4) is 0 Å². The number of isothiocyanates is 1. The van der Waals surface area contributed by atoms with Crippen LogP contribution >= 0.6 is 12.2 Å². The summed E-state index contributed by atoms with van der Waals surface area (Å²) in [5.74, 6) is 0. The van der Waals surface area contributed by atoms with E-state index in [9.17, 15) is 8.42 Å². The molecular weight excluding hydrogens is 232 g/mol. The van der Waals surface area contributed by atoms with Crippen LogP contribution in [-0.2, 0) is 16.6 Å². The third-order valence-corrected chi connectivity index (χ3v) is 3.39. The second kappa shape index (κ2) is 5.14. The summed E-state index contributed by atoms with van der Waals surface area (Å²) in [5.41, 5.74) is 0.891. The van der Waals surface area contributed by atoms with E-state index in [2.05, 4.69) is 27.1 Å². The number of benzene rings is 1. The van der Waals surface area contributed by atoms with Crippen LogP contribution in [0.3, 0.4) is 0 Å². The molecule has 1 aromatic rings. The van der Waals surface area contributed by atoms with Crippen molar-refractivity contribution in [2.24, 2.45) is 4.99 Å². The van der Waals surface area contributed by atoms with Crippen LogP contribution in [0.2, 0.25) is 0 Å². The highest BCUT2D eigenvalue weighted by Gasteiger charge is 2.09. The van der Waals surface area contributed by atoms with Crippen molar-refractivity contribution in [2.75, 3.05) is 7.05 Å². The average molecular weight is 242 g/mol. The van der Waals surface area contributed by atoms with Crippen molar-refractivity contribution in [3.05, 3.63) is 29.8 Å². The van der Waals surface area contributed by atoms with Crippen LogP contribution in [0.25, 0.3) is 0 Å². The largest absolute Gasteiger partial charge is 0.240 e. The first-order valence-electron chi connectivity index (χ1n) is 4.16. The number of aliphatic imine (C=N–C) groups is 1. The number of rotatable bonds is 4. The first-order chi connectivity index (χ1) is 7.10. The lowest BCUT2D eigenvalue weighted by atomic mass is 10.2. The minimum absolute atomic E-state index is 0.236. The van der Waals surface area contributed by atoms with Gasteiger partial charge in [0.15, 0.2) is 0 Å². The summed E-state index contributed by atoms with van der Waals surface area (Å²) in [6.45, 7) is 0.420. The molecule has 0 fully saturated rings. The van der Waals surface area contributed by atoms with Crippen molar-refractivity contribution in [2.45, 2.75) is 11.4 Å². The Hall–Kier alpha value is -1.07. The van der Waals surface area contributed by atoms with Crippen LogP contribution in [0, 0.1) is 0 Å². The van der Waals surface area contributed by atoms with E-state index in [4.69, 9.17) is 0 Å². The molecule has 0 atom stereocenters. The number of thiocarbonyl (C=S) groups is 1. The van der Waals surface area contributed by atoms with Gasteiger partial charge in [0.2, 0.25) is 10.0 Å². The Balaban J connectivity index is 2.95. The van der Waals surface area contributed by atoms with E-state index >= 15 is 0 Å². The summed E-state index contributed by atoms with van der Waals surface area (Å²) in [4.78, 5) is 3.99. The zero-order valence-electron chi connectivity index (χ0n) is 8.10. The van der Waals surface area contributed by atoms with Crippen molar-refractivity contribution < 1.29 is 8.42 Å². The van der Waals surface area contributed by atoms with Gasteiger partial charge in [-0.3, -0.25) is 0 Å². The quantitative estimate of drug-likeness (QED) is 0.637. The van der Waals surface area contributed by atoms with Crippen molar-refractivity contribution >= 4 is 27.4 Å². The molecule has 0 aliphatic carbocycles. The number of hydrogen-bond donors (Lipinski definition) is 1. The minimum atomic E-state index is -3.35. The molecule has 0 aliphatic rings. The fraction of sp³-hybridized carbons (Fsp3) is 0.222. The predicted molar refractivity (Wildman–Crippen MR) is 61.4 cm³/mol. The fourth-order valence-corrected chi connectivity index (χ4v) is 1.81. The molecule has 0 aliphatic heterocycles. The Labute approximate surface area is 94.1 Å². The van der Waals surface area contributed by atoms with E-state index in [0.29, 0.717) is 6.54 Å². The Morgan fingerprint density at radius 2 is 2.00 bits per heavy atom. The summed E-state index contributed by atoms with van der Waals surface area (Å²) < 4.78 is 25.0. The van der Waals surface area contributed by atoms with Gasteiger partial charge in [0.05, 0.1) is 16.6 Å². The molecule has 80 valence electrons. The Morgan fingerprint density at radius 3 is 2.47 bits per heavy atom. The molecule has 15 heavy (non-hydrogen) atoms. The van der Waals surface area contributed by atoms with Gasteiger partial charge < -0.3 is 0 Å². The maximum Gasteiger partial charge on any atom is 0.240 e. The maximum atomic E-state index is 11.4. The molecule has 0 heterocycles. The summed E-state index contributed by atoms with van der Waals surface area (Å²) in [6.07, 6.45) is 0. The third kappa shape index (κ3) is 3.21. The number of hydrogen-bond acceptors (Lipinski definition) is 4. The van der Waals surface area contributed by atoms with Crippen molar-refractivity contribution in [1.29, 1.82) is 0 Å². The van der Waals surface area contributed by atoms with E-state index in [0.717, 1.165) is 5.56 Å². The molecule has 0 unspecified atom stereocenters. The SMILES string of the molecule is CNS(=O)(=O)c1ccc(CN=C=S)cc1. The van der Waals surface area contributed by atoms with E-state index in [1.807, 2.05) is 0 Å². The van der Waals surface area contributed by atoms with Crippen LogP contribution in [0.4, 0.5) is 0 Å². The first-order valence-corrected chi connectivity index (χ1v) is 6.05. The molecule has 4 nitrogen and oxygen atoms in total. The van der Waals surface area contributed by atoms with Gasteiger partial charge in [0.1, 0.15) is 0 Å². The summed E-state index contributed by atoms with van der Waals surface area (Å²) in [6, 6.07) is 6.45. The lowest BCUT2D eigenvalue weighted by Gasteiger charge is -2.02. The highest BCUT2D eigenvalue weighted by atomic mass is 32.2. The zero-order chi connectivity index (χ0) is 11.3. The highest BCUT2D eigenvalue weighted by Crippen LogP contribution is 2.10. The van der Waals surface area contributed by atoms with Crippen LogP contribution in [0.1, 0.15) is 5.56 Å². The first kappa shape index (κ1) is 12.0. The molecule has 1 rings (SSSR count).